The van der Waals surface area contributed by atoms with Crippen molar-refractivity contribution in [3.05, 3.63) is 0 Å². The highest BCUT2D eigenvalue weighted by Gasteiger charge is 2.56. The van der Waals surface area contributed by atoms with Crippen molar-refractivity contribution in [1.82, 2.24) is 10.4 Å². The van der Waals surface area contributed by atoms with Gasteiger partial charge in [-0.05, 0) is 25.2 Å². The van der Waals surface area contributed by atoms with Gasteiger partial charge in [0.25, 0.3) is 11.8 Å². The Morgan fingerprint density at radius 1 is 1.17 bits per heavy atom. The van der Waals surface area contributed by atoms with Crippen LogP contribution in [0.4, 0.5) is 0 Å². The second-order valence-electron chi connectivity index (χ2n) is 7.29. The molecule has 2 fully saturated rings. The lowest BCUT2D eigenvalue weighted by Gasteiger charge is -2.33. The SMILES string of the molecule is CC(C)C[C@@]1(NO)CC(=O)C2(N)CCCCCCN(C2=O)C1=O. The van der Waals surface area contributed by atoms with Gasteiger partial charge in [0, 0.05) is 13.0 Å². The zero-order valence-corrected chi connectivity index (χ0v) is 13.9. The number of nitrogens with one attached hydrogen (secondary N) is 1. The number of rotatable bonds is 3. The van der Waals surface area contributed by atoms with Gasteiger partial charge in [0.15, 0.2) is 11.3 Å². The van der Waals surface area contributed by atoms with Gasteiger partial charge in [-0.1, -0.05) is 33.1 Å². The van der Waals surface area contributed by atoms with E-state index in [1.54, 1.807) is 0 Å². The third-order valence-electron chi connectivity index (χ3n) is 4.91. The highest BCUT2D eigenvalue weighted by atomic mass is 16.5. The number of imide groups is 1. The average Bonchev–Trinajstić information content (AvgIpc) is 2.54. The zero-order valence-electron chi connectivity index (χ0n) is 13.9. The van der Waals surface area contributed by atoms with Crippen LogP contribution in [-0.2, 0) is 14.4 Å². The summed E-state index contributed by atoms with van der Waals surface area (Å²) in [6, 6.07) is 0. The average molecular weight is 325 g/mol. The first-order chi connectivity index (χ1) is 10.8. The third-order valence-corrected chi connectivity index (χ3v) is 4.91. The Morgan fingerprint density at radius 3 is 2.43 bits per heavy atom. The molecule has 2 aliphatic rings. The summed E-state index contributed by atoms with van der Waals surface area (Å²) in [4.78, 5) is 39.7. The van der Waals surface area contributed by atoms with E-state index in [1.165, 1.54) is 0 Å². The van der Waals surface area contributed by atoms with E-state index >= 15 is 0 Å². The molecule has 2 aliphatic heterocycles. The summed E-state index contributed by atoms with van der Waals surface area (Å²) in [5.41, 5.74) is 5.12. The van der Waals surface area contributed by atoms with Gasteiger partial charge in [-0.2, -0.15) is 5.48 Å². The van der Waals surface area contributed by atoms with Crippen LogP contribution in [0, 0.1) is 5.92 Å². The molecule has 0 aromatic carbocycles. The number of hydroxylamine groups is 1. The zero-order chi connectivity index (χ0) is 17.3. The van der Waals surface area contributed by atoms with Crippen molar-refractivity contribution in [2.24, 2.45) is 11.7 Å². The van der Waals surface area contributed by atoms with E-state index in [4.69, 9.17) is 5.73 Å². The van der Waals surface area contributed by atoms with Crippen LogP contribution in [0.2, 0.25) is 0 Å². The second-order valence-corrected chi connectivity index (χ2v) is 7.29. The Labute approximate surface area is 136 Å². The van der Waals surface area contributed by atoms with E-state index in [2.05, 4.69) is 5.48 Å². The summed E-state index contributed by atoms with van der Waals surface area (Å²) in [5, 5.41) is 9.69. The molecule has 4 N–H and O–H groups in total. The summed E-state index contributed by atoms with van der Waals surface area (Å²) in [6.45, 7) is 4.03. The maximum Gasteiger partial charge on any atom is 0.257 e. The van der Waals surface area contributed by atoms with E-state index in [9.17, 15) is 19.6 Å². The van der Waals surface area contributed by atoms with Gasteiger partial charge < -0.3 is 10.9 Å². The van der Waals surface area contributed by atoms with E-state index in [1.807, 2.05) is 13.8 Å². The predicted molar refractivity (Wildman–Crippen MR) is 83.5 cm³/mol. The molecule has 2 bridgehead atoms. The summed E-state index contributed by atoms with van der Waals surface area (Å²) in [6.07, 6.45) is 3.37. The maximum absolute atomic E-state index is 13.0. The Balaban J connectivity index is 2.51. The minimum absolute atomic E-state index is 0.0570. The normalized spacial score (nSPS) is 33.3. The molecule has 2 rings (SSSR count). The lowest BCUT2D eigenvalue weighted by Crippen LogP contribution is -2.60. The monoisotopic (exact) mass is 325 g/mol. The van der Waals surface area contributed by atoms with Crippen molar-refractivity contribution in [2.75, 3.05) is 6.54 Å². The first-order valence-corrected chi connectivity index (χ1v) is 8.37. The largest absolute Gasteiger partial charge is 0.316 e. The summed E-state index contributed by atoms with van der Waals surface area (Å²) < 4.78 is 0. The minimum atomic E-state index is -1.66. The van der Waals surface area contributed by atoms with Crippen LogP contribution in [0.3, 0.4) is 0 Å². The number of hydrogen-bond donors (Lipinski definition) is 3. The maximum atomic E-state index is 13.0. The summed E-state index contributed by atoms with van der Waals surface area (Å²) in [7, 11) is 0. The van der Waals surface area contributed by atoms with E-state index in [-0.39, 0.29) is 31.7 Å². The minimum Gasteiger partial charge on any atom is -0.316 e. The number of nitrogens with zero attached hydrogens (tertiary/aromatic N) is 1. The van der Waals surface area contributed by atoms with Gasteiger partial charge in [0.1, 0.15) is 5.54 Å². The van der Waals surface area contributed by atoms with Gasteiger partial charge in [0.2, 0.25) is 0 Å². The molecule has 23 heavy (non-hydrogen) atoms. The molecule has 7 nitrogen and oxygen atoms in total. The molecule has 2 atom stereocenters. The van der Waals surface area contributed by atoms with Crippen LogP contribution in [0.15, 0.2) is 0 Å². The topological polar surface area (TPSA) is 113 Å². The standard InChI is InChI=1S/C16H27N3O4/c1-11(2)9-15(18-23)10-12(20)16(17)7-5-3-4-6-8-19(13(15)21)14(16)22/h11,18,23H,3-10,17H2,1-2H3/t15-,16?/m1/s1. The Hall–Kier alpha value is -1.31. The molecule has 0 spiro atoms. The van der Waals surface area contributed by atoms with E-state index < -0.39 is 28.7 Å². The number of amides is 2. The highest BCUT2D eigenvalue weighted by Crippen LogP contribution is 2.33. The van der Waals surface area contributed by atoms with Crippen molar-refractivity contribution < 1.29 is 19.6 Å². The molecular formula is C16H27N3O4. The predicted octanol–water partition coefficient (Wildman–Crippen LogP) is 0.740. The third kappa shape index (κ3) is 3.18. The van der Waals surface area contributed by atoms with Crippen molar-refractivity contribution in [3.63, 3.8) is 0 Å². The van der Waals surface area contributed by atoms with Crippen molar-refractivity contribution in [1.29, 1.82) is 0 Å². The quantitative estimate of drug-likeness (QED) is 0.401. The lowest BCUT2D eigenvalue weighted by molar-refractivity contribution is -0.153. The first kappa shape index (κ1) is 18.0. The molecule has 2 saturated heterocycles. The van der Waals surface area contributed by atoms with E-state index in [0.717, 1.165) is 17.7 Å². The van der Waals surface area contributed by atoms with Gasteiger partial charge in [-0.15, -0.1) is 0 Å². The molecule has 1 unspecified atom stereocenters. The summed E-state index contributed by atoms with van der Waals surface area (Å²) in [5.74, 6) is -1.57. The molecule has 0 aromatic rings. The number of nitrogens with two attached hydrogens (primary N) is 1. The molecule has 0 saturated carbocycles. The molecule has 0 aromatic heterocycles. The molecule has 7 heteroatoms. The number of hydrogen-bond acceptors (Lipinski definition) is 6. The number of fused-ring (bicyclic) bond motifs is 2. The van der Waals surface area contributed by atoms with Crippen LogP contribution < -0.4 is 11.2 Å². The molecule has 130 valence electrons. The highest BCUT2D eigenvalue weighted by molar-refractivity contribution is 6.19. The molecular weight excluding hydrogens is 298 g/mol. The fourth-order valence-electron chi connectivity index (χ4n) is 3.68. The van der Waals surface area contributed by atoms with Crippen molar-refractivity contribution in [3.8, 4) is 0 Å². The molecule has 0 aliphatic carbocycles. The van der Waals surface area contributed by atoms with Crippen LogP contribution in [0.5, 0.6) is 0 Å². The smallest absolute Gasteiger partial charge is 0.257 e. The number of Topliss-reactive ketones (excluding diaryl/α,β-unsaturated/α-hetero) is 1. The van der Waals surface area contributed by atoms with Crippen LogP contribution >= 0.6 is 0 Å². The van der Waals surface area contributed by atoms with Gasteiger partial charge in [0.05, 0.1) is 0 Å². The Kier molecular flexibility index (Phi) is 5.23. The lowest BCUT2D eigenvalue weighted by atomic mass is 9.79. The van der Waals surface area contributed by atoms with Crippen molar-refractivity contribution in [2.45, 2.75) is 69.9 Å². The summed E-state index contributed by atoms with van der Waals surface area (Å²) >= 11 is 0. The van der Waals surface area contributed by atoms with Crippen molar-refractivity contribution >= 4 is 17.6 Å². The molecule has 0 radical (unpaired) electrons. The van der Waals surface area contributed by atoms with Gasteiger partial charge >= 0.3 is 0 Å². The fourth-order valence-corrected chi connectivity index (χ4v) is 3.68. The fraction of sp³-hybridized carbons (Fsp3) is 0.812. The first-order valence-electron chi connectivity index (χ1n) is 8.37. The molecule has 2 heterocycles. The number of carbonyl (C=O) groups excluding carboxylic acids is 3. The van der Waals surface area contributed by atoms with E-state index in [0.29, 0.717) is 12.8 Å². The molecule has 2 amide bonds. The Morgan fingerprint density at radius 2 is 1.83 bits per heavy atom. The Bertz CT molecular complexity index is 508. The number of carbonyl (C=O) groups is 3. The number of ketones is 1. The van der Waals surface area contributed by atoms with Gasteiger partial charge in [-0.3, -0.25) is 19.3 Å². The van der Waals surface area contributed by atoms with Crippen LogP contribution in [-0.4, -0.2) is 45.3 Å². The van der Waals surface area contributed by atoms with Crippen LogP contribution in [0.1, 0.15) is 58.8 Å². The van der Waals surface area contributed by atoms with Crippen LogP contribution in [0.25, 0.3) is 0 Å². The second kappa shape index (κ2) is 6.67. The van der Waals surface area contributed by atoms with Gasteiger partial charge in [-0.25, -0.2) is 0 Å².